The molecule has 5 nitrogen and oxygen atoms in total. The summed E-state index contributed by atoms with van der Waals surface area (Å²) in [6.07, 6.45) is 0. The van der Waals surface area contributed by atoms with Gasteiger partial charge in [0.15, 0.2) is 0 Å². The fourth-order valence-corrected chi connectivity index (χ4v) is 1.81. The quantitative estimate of drug-likeness (QED) is 0.895. The second-order valence-electron chi connectivity index (χ2n) is 4.59. The Morgan fingerprint density at radius 1 is 1.05 bits per heavy atom. The Bertz CT molecular complexity index is 696. The number of nitrogens with zero attached hydrogens (tertiary/aromatic N) is 2. The monoisotopic (exact) mass is 259 g/mol. The third kappa shape index (κ3) is 2.76. The molecule has 0 aliphatic carbocycles. The van der Waals surface area contributed by atoms with Gasteiger partial charge in [-0.2, -0.15) is 0 Å². The zero-order chi connectivity index (χ0) is 14.0. The van der Waals surface area contributed by atoms with Crippen LogP contribution in [0.1, 0.15) is 11.3 Å². The fourth-order valence-electron chi connectivity index (χ4n) is 1.81. The lowest BCUT2D eigenvalue weighted by molar-refractivity contribution is 0.655. The minimum Gasteiger partial charge on any atom is -0.379 e. The van der Waals surface area contributed by atoms with Crippen molar-refractivity contribution < 1.29 is 0 Å². The van der Waals surface area contributed by atoms with E-state index in [1.165, 1.54) is 23.2 Å². The zero-order valence-corrected chi connectivity index (χ0v) is 11.3. The van der Waals surface area contributed by atoms with Gasteiger partial charge in [-0.3, -0.25) is 13.9 Å². The summed E-state index contributed by atoms with van der Waals surface area (Å²) in [5.41, 5.74) is 2.20. The van der Waals surface area contributed by atoms with E-state index in [1.807, 2.05) is 31.2 Å². The highest BCUT2D eigenvalue weighted by atomic mass is 16.2. The summed E-state index contributed by atoms with van der Waals surface area (Å²) in [6, 6.07) is 9.42. The van der Waals surface area contributed by atoms with E-state index in [1.54, 1.807) is 7.05 Å². The van der Waals surface area contributed by atoms with Crippen LogP contribution in [0.15, 0.2) is 39.9 Å². The molecule has 0 unspecified atom stereocenters. The molecule has 0 saturated heterocycles. The van der Waals surface area contributed by atoms with Crippen molar-refractivity contribution in [3.8, 4) is 0 Å². The maximum Gasteiger partial charge on any atom is 0.330 e. The highest BCUT2D eigenvalue weighted by molar-refractivity contribution is 5.44. The van der Waals surface area contributed by atoms with E-state index in [2.05, 4.69) is 5.32 Å². The van der Waals surface area contributed by atoms with Gasteiger partial charge in [0.2, 0.25) is 0 Å². The summed E-state index contributed by atoms with van der Waals surface area (Å²) in [5, 5.41) is 3.20. The molecule has 0 spiro atoms. The fraction of sp³-hybridized carbons (Fsp3) is 0.286. The van der Waals surface area contributed by atoms with Crippen LogP contribution < -0.4 is 16.6 Å². The summed E-state index contributed by atoms with van der Waals surface area (Å²) < 4.78 is 2.57. The summed E-state index contributed by atoms with van der Waals surface area (Å²) in [4.78, 5) is 23.4. The van der Waals surface area contributed by atoms with Crippen molar-refractivity contribution in [2.24, 2.45) is 14.1 Å². The van der Waals surface area contributed by atoms with Gasteiger partial charge in [-0.15, -0.1) is 0 Å². The Kier molecular flexibility index (Phi) is 3.55. The first-order valence-electron chi connectivity index (χ1n) is 6.05. The van der Waals surface area contributed by atoms with Crippen molar-refractivity contribution in [3.63, 3.8) is 0 Å². The second kappa shape index (κ2) is 5.14. The second-order valence-corrected chi connectivity index (χ2v) is 4.59. The number of nitrogens with one attached hydrogen (secondary N) is 1. The summed E-state index contributed by atoms with van der Waals surface area (Å²) >= 11 is 0. The SMILES string of the molecule is Cc1ccc(NCc2cc(=O)n(C)c(=O)n2C)cc1. The molecule has 1 aromatic heterocycles. The maximum absolute atomic E-state index is 11.8. The van der Waals surface area contributed by atoms with Crippen LogP contribution in [0, 0.1) is 6.92 Å². The third-order valence-corrected chi connectivity index (χ3v) is 3.15. The number of rotatable bonds is 3. The topological polar surface area (TPSA) is 56.0 Å². The third-order valence-electron chi connectivity index (χ3n) is 3.15. The van der Waals surface area contributed by atoms with Crippen LogP contribution >= 0.6 is 0 Å². The van der Waals surface area contributed by atoms with Crippen molar-refractivity contribution in [3.05, 3.63) is 62.4 Å². The number of benzene rings is 1. The van der Waals surface area contributed by atoms with Crippen LogP contribution in [-0.4, -0.2) is 9.13 Å². The molecular weight excluding hydrogens is 242 g/mol. The van der Waals surface area contributed by atoms with Crippen molar-refractivity contribution in [1.82, 2.24) is 9.13 Å². The largest absolute Gasteiger partial charge is 0.379 e. The molecule has 0 amide bonds. The average molecular weight is 259 g/mol. The van der Waals surface area contributed by atoms with E-state index >= 15 is 0 Å². The smallest absolute Gasteiger partial charge is 0.330 e. The molecule has 0 aliphatic rings. The predicted molar refractivity (Wildman–Crippen MR) is 75.4 cm³/mol. The molecule has 1 heterocycles. The lowest BCUT2D eigenvalue weighted by atomic mass is 10.2. The molecule has 0 atom stereocenters. The Hall–Kier alpha value is -2.30. The van der Waals surface area contributed by atoms with Gasteiger partial charge in [-0.25, -0.2) is 4.79 Å². The summed E-state index contributed by atoms with van der Waals surface area (Å²) in [6.45, 7) is 2.46. The van der Waals surface area contributed by atoms with Gasteiger partial charge in [0.25, 0.3) is 5.56 Å². The molecule has 2 rings (SSSR count). The van der Waals surface area contributed by atoms with Crippen LogP contribution in [0.25, 0.3) is 0 Å². The molecule has 0 aliphatic heterocycles. The predicted octanol–water partition coefficient (Wildman–Crippen LogP) is 1.00. The van der Waals surface area contributed by atoms with Crippen LogP contribution in [-0.2, 0) is 20.6 Å². The molecule has 19 heavy (non-hydrogen) atoms. The molecule has 2 aromatic rings. The van der Waals surface area contributed by atoms with Gasteiger partial charge < -0.3 is 5.32 Å². The first kappa shape index (κ1) is 13.1. The molecule has 100 valence electrons. The normalized spacial score (nSPS) is 10.5. The molecular formula is C14H17N3O2. The number of aryl methyl sites for hydroxylation is 1. The van der Waals surface area contributed by atoms with Crippen molar-refractivity contribution in [2.45, 2.75) is 13.5 Å². The minimum absolute atomic E-state index is 0.288. The maximum atomic E-state index is 11.8. The number of anilines is 1. The van der Waals surface area contributed by atoms with E-state index in [0.717, 1.165) is 10.3 Å². The van der Waals surface area contributed by atoms with Crippen molar-refractivity contribution in [1.29, 1.82) is 0 Å². The average Bonchev–Trinajstić information content (AvgIpc) is 2.41. The standard InChI is InChI=1S/C14H17N3O2/c1-10-4-6-11(7-5-10)15-9-12-8-13(18)17(3)14(19)16(12)2/h4-8,15H,9H2,1-3H3. The Morgan fingerprint density at radius 2 is 1.68 bits per heavy atom. The van der Waals surface area contributed by atoms with Gasteiger partial charge in [0.1, 0.15) is 0 Å². The highest BCUT2D eigenvalue weighted by Gasteiger charge is 2.05. The number of hydrogen-bond acceptors (Lipinski definition) is 3. The van der Waals surface area contributed by atoms with Gasteiger partial charge in [-0.05, 0) is 19.1 Å². The molecule has 1 aromatic carbocycles. The van der Waals surface area contributed by atoms with E-state index in [-0.39, 0.29) is 11.2 Å². The number of aromatic nitrogens is 2. The lowest BCUT2D eigenvalue weighted by Gasteiger charge is -2.11. The number of hydrogen-bond donors (Lipinski definition) is 1. The first-order chi connectivity index (χ1) is 8.99. The Balaban J connectivity index is 2.23. The molecule has 0 fully saturated rings. The molecule has 0 radical (unpaired) electrons. The van der Waals surface area contributed by atoms with E-state index in [0.29, 0.717) is 12.2 Å². The molecule has 0 bridgehead atoms. The van der Waals surface area contributed by atoms with E-state index < -0.39 is 0 Å². The zero-order valence-electron chi connectivity index (χ0n) is 11.3. The van der Waals surface area contributed by atoms with E-state index in [4.69, 9.17) is 0 Å². The molecule has 1 N–H and O–H groups in total. The Labute approximate surface area is 111 Å². The van der Waals surface area contributed by atoms with Crippen molar-refractivity contribution in [2.75, 3.05) is 5.32 Å². The first-order valence-corrected chi connectivity index (χ1v) is 6.05. The van der Waals surface area contributed by atoms with Gasteiger partial charge >= 0.3 is 5.69 Å². The van der Waals surface area contributed by atoms with Crippen LogP contribution in [0.3, 0.4) is 0 Å². The highest BCUT2D eigenvalue weighted by Crippen LogP contribution is 2.09. The van der Waals surface area contributed by atoms with Crippen LogP contribution in [0.4, 0.5) is 5.69 Å². The van der Waals surface area contributed by atoms with E-state index in [9.17, 15) is 9.59 Å². The molecule has 5 heteroatoms. The van der Waals surface area contributed by atoms with Crippen LogP contribution in [0.5, 0.6) is 0 Å². The van der Waals surface area contributed by atoms with Crippen LogP contribution in [0.2, 0.25) is 0 Å². The Morgan fingerprint density at radius 3 is 2.32 bits per heavy atom. The summed E-state index contributed by atoms with van der Waals surface area (Å²) in [7, 11) is 3.13. The van der Waals surface area contributed by atoms with Gasteiger partial charge in [0.05, 0.1) is 6.54 Å². The van der Waals surface area contributed by atoms with Crippen molar-refractivity contribution >= 4 is 5.69 Å². The lowest BCUT2D eigenvalue weighted by Crippen LogP contribution is -2.38. The summed E-state index contributed by atoms with van der Waals surface area (Å²) in [5.74, 6) is 0. The van der Waals surface area contributed by atoms with Gasteiger partial charge in [-0.1, -0.05) is 17.7 Å². The molecule has 0 saturated carbocycles. The minimum atomic E-state index is -0.312. The van der Waals surface area contributed by atoms with Gasteiger partial charge in [0, 0.05) is 31.5 Å².